The minimum atomic E-state index is -0.363. The average molecular weight is 276 g/mol. The number of rotatable bonds is 3. The summed E-state index contributed by atoms with van der Waals surface area (Å²) in [6, 6.07) is 4.51. The lowest BCUT2D eigenvalue weighted by molar-refractivity contribution is 0.0602. The van der Waals surface area contributed by atoms with Crippen molar-refractivity contribution < 1.29 is 9.53 Å². The molecular formula is C16H24N2O2. The van der Waals surface area contributed by atoms with Gasteiger partial charge >= 0.3 is 5.97 Å². The van der Waals surface area contributed by atoms with Crippen molar-refractivity contribution in [2.75, 3.05) is 24.3 Å². The zero-order chi connectivity index (χ0) is 14.7. The molecule has 0 aliphatic carbocycles. The molecule has 0 saturated carbocycles. The molecule has 110 valence electrons. The summed E-state index contributed by atoms with van der Waals surface area (Å²) in [6.45, 7) is 5.20. The molecule has 4 nitrogen and oxygen atoms in total. The van der Waals surface area contributed by atoms with Crippen LogP contribution in [0.1, 0.15) is 48.5 Å². The van der Waals surface area contributed by atoms with Gasteiger partial charge < -0.3 is 15.4 Å². The number of aryl methyl sites for hydroxylation is 1. The highest BCUT2D eigenvalue weighted by atomic mass is 16.5. The highest BCUT2D eigenvalue weighted by Gasteiger charge is 2.23. The monoisotopic (exact) mass is 276 g/mol. The molecule has 2 N–H and O–H groups in total. The molecular weight excluding hydrogens is 252 g/mol. The predicted octanol–water partition coefficient (Wildman–Crippen LogP) is 3.13. The summed E-state index contributed by atoms with van der Waals surface area (Å²) in [4.78, 5) is 14.3. The van der Waals surface area contributed by atoms with Gasteiger partial charge in [0.25, 0.3) is 0 Å². The van der Waals surface area contributed by atoms with Gasteiger partial charge in [0, 0.05) is 24.0 Å². The molecule has 1 atom stereocenters. The fraction of sp³-hybridized carbons (Fsp3) is 0.562. The third-order valence-corrected chi connectivity index (χ3v) is 4.21. The lowest BCUT2D eigenvalue weighted by atomic mass is 9.97. The maximum absolute atomic E-state index is 11.9. The summed E-state index contributed by atoms with van der Waals surface area (Å²) in [6.07, 6.45) is 4.82. The van der Waals surface area contributed by atoms with Crippen LogP contribution in [0.4, 0.5) is 11.4 Å². The van der Waals surface area contributed by atoms with Crippen molar-refractivity contribution in [3.63, 3.8) is 0 Å². The third-order valence-electron chi connectivity index (χ3n) is 4.21. The van der Waals surface area contributed by atoms with Gasteiger partial charge in [0.1, 0.15) is 0 Å². The van der Waals surface area contributed by atoms with Crippen LogP contribution in [0.15, 0.2) is 12.1 Å². The Labute approximate surface area is 120 Å². The number of esters is 1. The fourth-order valence-electron chi connectivity index (χ4n) is 2.99. The van der Waals surface area contributed by atoms with E-state index in [1.54, 1.807) is 0 Å². The van der Waals surface area contributed by atoms with Crippen LogP contribution < -0.4 is 10.6 Å². The largest absolute Gasteiger partial charge is 0.465 e. The zero-order valence-corrected chi connectivity index (χ0v) is 12.6. The molecule has 1 saturated heterocycles. The average Bonchev–Trinajstić information content (AvgIpc) is 2.49. The molecule has 0 radical (unpaired) electrons. The van der Waals surface area contributed by atoms with E-state index in [0.29, 0.717) is 17.3 Å². The van der Waals surface area contributed by atoms with Crippen molar-refractivity contribution in [1.82, 2.24) is 0 Å². The molecule has 1 aliphatic heterocycles. The van der Waals surface area contributed by atoms with Crippen LogP contribution in [0.5, 0.6) is 0 Å². The van der Waals surface area contributed by atoms with E-state index in [2.05, 4.69) is 17.9 Å². The van der Waals surface area contributed by atoms with Gasteiger partial charge in [0.15, 0.2) is 0 Å². The predicted molar refractivity (Wildman–Crippen MR) is 82.2 cm³/mol. The van der Waals surface area contributed by atoms with Crippen LogP contribution in [-0.2, 0) is 4.74 Å². The number of nitrogens with zero attached hydrogens (tertiary/aromatic N) is 1. The number of carbonyl (C=O) groups is 1. The van der Waals surface area contributed by atoms with Crippen molar-refractivity contribution in [2.24, 2.45) is 0 Å². The molecule has 0 bridgehead atoms. The van der Waals surface area contributed by atoms with Crippen molar-refractivity contribution in [1.29, 1.82) is 0 Å². The van der Waals surface area contributed by atoms with Crippen LogP contribution in [-0.4, -0.2) is 25.7 Å². The number of nitrogen functional groups attached to an aromatic ring is 1. The van der Waals surface area contributed by atoms with Crippen LogP contribution in [0, 0.1) is 6.92 Å². The van der Waals surface area contributed by atoms with Gasteiger partial charge in [-0.2, -0.15) is 0 Å². The second kappa shape index (κ2) is 6.16. The number of hydrogen-bond acceptors (Lipinski definition) is 4. The van der Waals surface area contributed by atoms with E-state index in [0.717, 1.165) is 24.2 Å². The second-order valence-electron chi connectivity index (χ2n) is 5.47. The summed E-state index contributed by atoms with van der Waals surface area (Å²) in [5.74, 6) is -0.363. The van der Waals surface area contributed by atoms with Crippen LogP contribution in [0.2, 0.25) is 0 Å². The number of carbonyl (C=O) groups excluding carboxylic acids is 1. The normalized spacial score (nSPS) is 18.9. The van der Waals surface area contributed by atoms with Crippen LogP contribution >= 0.6 is 0 Å². The molecule has 1 heterocycles. The Morgan fingerprint density at radius 3 is 2.85 bits per heavy atom. The Morgan fingerprint density at radius 1 is 1.45 bits per heavy atom. The molecule has 2 rings (SSSR count). The van der Waals surface area contributed by atoms with E-state index < -0.39 is 0 Å². The summed E-state index contributed by atoms with van der Waals surface area (Å²) < 4.78 is 4.83. The highest BCUT2D eigenvalue weighted by Crippen LogP contribution is 2.31. The first-order valence-electron chi connectivity index (χ1n) is 7.33. The van der Waals surface area contributed by atoms with Gasteiger partial charge in [-0.05, 0) is 50.3 Å². The molecule has 0 spiro atoms. The number of ether oxygens (including phenoxy) is 1. The molecule has 1 aromatic rings. The topological polar surface area (TPSA) is 55.6 Å². The van der Waals surface area contributed by atoms with Crippen molar-refractivity contribution in [2.45, 2.75) is 45.6 Å². The van der Waals surface area contributed by atoms with E-state index in [1.165, 1.54) is 26.4 Å². The Morgan fingerprint density at radius 2 is 2.20 bits per heavy atom. The van der Waals surface area contributed by atoms with Gasteiger partial charge in [0.05, 0.1) is 12.7 Å². The SMILES string of the molecule is CCC1CCCCN1c1cc(C)c(N)c(C(=O)OC)c1. The fourth-order valence-corrected chi connectivity index (χ4v) is 2.99. The number of benzene rings is 1. The van der Waals surface area contributed by atoms with Crippen molar-refractivity contribution >= 4 is 17.3 Å². The molecule has 1 fully saturated rings. The molecule has 0 aromatic heterocycles. The van der Waals surface area contributed by atoms with E-state index in [9.17, 15) is 4.79 Å². The number of hydrogen-bond donors (Lipinski definition) is 1. The molecule has 0 amide bonds. The van der Waals surface area contributed by atoms with E-state index >= 15 is 0 Å². The minimum Gasteiger partial charge on any atom is -0.465 e. The van der Waals surface area contributed by atoms with Gasteiger partial charge in [-0.15, -0.1) is 0 Å². The van der Waals surface area contributed by atoms with Crippen LogP contribution in [0.25, 0.3) is 0 Å². The molecule has 20 heavy (non-hydrogen) atoms. The van der Waals surface area contributed by atoms with Crippen molar-refractivity contribution in [3.05, 3.63) is 23.3 Å². The number of nitrogens with two attached hydrogens (primary N) is 1. The first kappa shape index (κ1) is 14.7. The van der Waals surface area contributed by atoms with E-state index in [4.69, 9.17) is 10.5 Å². The van der Waals surface area contributed by atoms with E-state index in [-0.39, 0.29) is 5.97 Å². The minimum absolute atomic E-state index is 0.363. The Hall–Kier alpha value is -1.71. The maximum Gasteiger partial charge on any atom is 0.340 e. The quantitative estimate of drug-likeness (QED) is 0.680. The summed E-state index contributed by atoms with van der Waals surface area (Å²) >= 11 is 0. The summed E-state index contributed by atoms with van der Waals surface area (Å²) in [5, 5.41) is 0. The Kier molecular flexibility index (Phi) is 4.53. The maximum atomic E-state index is 11.9. The lowest BCUT2D eigenvalue weighted by Crippen LogP contribution is -2.39. The number of anilines is 2. The lowest BCUT2D eigenvalue weighted by Gasteiger charge is -2.37. The number of methoxy groups -OCH3 is 1. The zero-order valence-electron chi connectivity index (χ0n) is 12.6. The summed E-state index contributed by atoms with van der Waals surface area (Å²) in [5.41, 5.74) is 9.02. The van der Waals surface area contributed by atoms with Gasteiger partial charge in [-0.25, -0.2) is 4.79 Å². The first-order valence-corrected chi connectivity index (χ1v) is 7.33. The Bertz CT molecular complexity index is 499. The van der Waals surface area contributed by atoms with Gasteiger partial charge in [-0.1, -0.05) is 6.92 Å². The third kappa shape index (κ3) is 2.74. The second-order valence-corrected chi connectivity index (χ2v) is 5.47. The van der Waals surface area contributed by atoms with Crippen molar-refractivity contribution in [3.8, 4) is 0 Å². The molecule has 1 aromatic carbocycles. The molecule has 1 aliphatic rings. The smallest absolute Gasteiger partial charge is 0.340 e. The van der Waals surface area contributed by atoms with Gasteiger partial charge in [-0.3, -0.25) is 0 Å². The van der Waals surface area contributed by atoms with E-state index in [1.807, 2.05) is 13.0 Å². The van der Waals surface area contributed by atoms with Crippen LogP contribution in [0.3, 0.4) is 0 Å². The molecule has 1 unspecified atom stereocenters. The first-order chi connectivity index (χ1) is 9.58. The molecule has 4 heteroatoms. The number of piperidine rings is 1. The Balaban J connectivity index is 2.41. The van der Waals surface area contributed by atoms with Gasteiger partial charge in [0.2, 0.25) is 0 Å². The summed E-state index contributed by atoms with van der Waals surface area (Å²) in [7, 11) is 1.39. The highest BCUT2D eigenvalue weighted by molar-refractivity contribution is 5.97. The standard InChI is InChI=1S/C16H24N2O2/c1-4-12-7-5-6-8-18(12)13-9-11(2)15(17)14(10-13)16(19)20-3/h9-10,12H,4-8,17H2,1-3H3.